The minimum Gasteiger partial charge on any atom is -0.294 e. The van der Waals surface area contributed by atoms with Crippen molar-refractivity contribution in [3.8, 4) is 0 Å². The second kappa shape index (κ2) is 5.21. The van der Waals surface area contributed by atoms with Crippen molar-refractivity contribution in [2.24, 2.45) is 5.92 Å². The fourth-order valence-corrected chi connectivity index (χ4v) is 4.02. The van der Waals surface area contributed by atoms with Crippen molar-refractivity contribution in [1.82, 2.24) is 14.5 Å². The molecule has 1 saturated heterocycles. The fourth-order valence-electron chi connectivity index (χ4n) is 3.41. The molecule has 3 nitrogen and oxygen atoms in total. The average Bonchev–Trinajstić information content (AvgIpc) is 2.76. The molecule has 1 aromatic rings. The number of rotatable bonds is 2. The van der Waals surface area contributed by atoms with E-state index in [4.69, 9.17) is 11.6 Å². The molecular formula is C12H18ClN3S. The summed E-state index contributed by atoms with van der Waals surface area (Å²) in [5, 5.41) is 4.14. The molecule has 17 heavy (non-hydrogen) atoms. The standard InChI is InChI=1S/C12H18ClN3S/c13-12-10(14-15-17-12)8-16-7-3-5-9-4-1-2-6-11(9)16/h9,11H,1-8H2/t9-,11+/m0/s1. The van der Waals surface area contributed by atoms with Crippen LogP contribution in [0.1, 0.15) is 44.2 Å². The first-order valence-electron chi connectivity index (χ1n) is 6.55. The van der Waals surface area contributed by atoms with Crippen LogP contribution >= 0.6 is 23.1 Å². The van der Waals surface area contributed by atoms with E-state index >= 15 is 0 Å². The lowest BCUT2D eigenvalue weighted by Gasteiger charge is -2.43. The number of piperidine rings is 1. The quantitative estimate of drug-likeness (QED) is 0.826. The normalized spacial score (nSPS) is 30.2. The van der Waals surface area contributed by atoms with Gasteiger partial charge in [0, 0.05) is 24.1 Å². The second-order valence-corrected chi connectivity index (χ2v) is 6.57. The van der Waals surface area contributed by atoms with Crippen LogP contribution in [0.25, 0.3) is 0 Å². The van der Waals surface area contributed by atoms with E-state index < -0.39 is 0 Å². The van der Waals surface area contributed by atoms with Crippen molar-refractivity contribution in [3.63, 3.8) is 0 Å². The Labute approximate surface area is 111 Å². The summed E-state index contributed by atoms with van der Waals surface area (Å²) in [6.07, 6.45) is 8.35. The molecule has 5 heteroatoms. The maximum atomic E-state index is 6.10. The molecule has 2 fully saturated rings. The molecule has 0 bridgehead atoms. The average molecular weight is 272 g/mol. The predicted octanol–water partition coefficient (Wildman–Crippen LogP) is 3.35. The second-order valence-electron chi connectivity index (χ2n) is 5.22. The molecule has 94 valence electrons. The van der Waals surface area contributed by atoms with Gasteiger partial charge in [-0.05, 0) is 38.1 Å². The van der Waals surface area contributed by atoms with Gasteiger partial charge in [-0.25, -0.2) is 0 Å². The van der Waals surface area contributed by atoms with Gasteiger partial charge >= 0.3 is 0 Å². The summed E-state index contributed by atoms with van der Waals surface area (Å²) in [7, 11) is 0. The molecule has 2 heterocycles. The van der Waals surface area contributed by atoms with E-state index in [1.54, 1.807) is 0 Å². The topological polar surface area (TPSA) is 29.0 Å². The summed E-state index contributed by atoms with van der Waals surface area (Å²) in [4.78, 5) is 2.59. The number of nitrogens with zero attached hydrogens (tertiary/aromatic N) is 3. The molecule has 1 aliphatic carbocycles. The molecule has 2 aliphatic rings. The molecule has 1 saturated carbocycles. The minimum atomic E-state index is 0.767. The van der Waals surface area contributed by atoms with Crippen molar-refractivity contribution in [3.05, 3.63) is 10.0 Å². The Morgan fingerprint density at radius 1 is 1.24 bits per heavy atom. The minimum absolute atomic E-state index is 0.767. The highest BCUT2D eigenvalue weighted by Crippen LogP contribution is 2.36. The summed E-state index contributed by atoms with van der Waals surface area (Å²) in [6.45, 7) is 2.10. The van der Waals surface area contributed by atoms with Crippen LogP contribution in [0.2, 0.25) is 4.34 Å². The summed E-state index contributed by atoms with van der Waals surface area (Å²) in [5.41, 5.74) is 0.975. The number of aromatic nitrogens is 2. The van der Waals surface area contributed by atoms with Gasteiger partial charge in [0.05, 0.1) is 0 Å². The van der Waals surface area contributed by atoms with Crippen LogP contribution in [0.3, 0.4) is 0 Å². The van der Waals surface area contributed by atoms with Gasteiger partial charge in [0.25, 0.3) is 0 Å². The van der Waals surface area contributed by atoms with Crippen molar-refractivity contribution in [2.45, 2.75) is 51.1 Å². The third-order valence-electron chi connectivity index (χ3n) is 4.22. The zero-order valence-electron chi connectivity index (χ0n) is 9.94. The Morgan fingerprint density at radius 2 is 2.06 bits per heavy atom. The molecule has 0 amide bonds. The van der Waals surface area contributed by atoms with Crippen LogP contribution in [-0.4, -0.2) is 27.1 Å². The highest BCUT2D eigenvalue weighted by Gasteiger charge is 2.33. The number of hydrogen-bond donors (Lipinski definition) is 0. The number of fused-ring (bicyclic) bond motifs is 1. The van der Waals surface area contributed by atoms with E-state index in [0.29, 0.717) is 0 Å². The molecule has 1 aliphatic heterocycles. The van der Waals surface area contributed by atoms with Crippen LogP contribution < -0.4 is 0 Å². The van der Waals surface area contributed by atoms with Gasteiger partial charge < -0.3 is 0 Å². The molecule has 1 aromatic heterocycles. The van der Waals surface area contributed by atoms with Crippen molar-refractivity contribution >= 4 is 23.1 Å². The first-order valence-corrected chi connectivity index (χ1v) is 7.70. The smallest absolute Gasteiger partial charge is 0.138 e. The maximum absolute atomic E-state index is 6.10. The Bertz CT molecular complexity index is 380. The van der Waals surface area contributed by atoms with Crippen LogP contribution in [0.5, 0.6) is 0 Å². The van der Waals surface area contributed by atoms with Gasteiger partial charge in [-0.3, -0.25) is 4.90 Å². The molecule has 0 spiro atoms. The van der Waals surface area contributed by atoms with Crippen LogP contribution in [0, 0.1) is 5.92 Å². The fraction of sp³-hybridized carbons (Fsp3) is 0.833. The van der Waals surface area contributed by atoms with E-state index in [9.17, 15) is 0 Å². The largest absolute Gasteiger partial charge is 0.294 e. The van der Waals surface area contributed by atoms with Gasteiger partial charge in [0.2, 0.25) is 0 Å². The maximum Gasteiger partial charge on any atom is 0.138 e. The lowest BCUT2D eigenvalue weighted by atomic mass is 9.78. The molecule has 0 N–H and O–H groups in total. The number of hydrogen-bond acceptors (Lipinski definition) is 4. The molecule has 0 unspecified atom stereocenters. The van der Waals surface area contributed by atoms with Crippen molar-refractivity contribution in [2.75, 3.05) is 6.54 Å². The van der Waals surface area contributed by atoms with E-state index in [1.807, 2.05) is 0 Å². The first-order chi connectivity index (χ1) is 8.34. The van der Waals surface area contributed by atoms with E-state index in [2.05, 4.69) is 14.5 Å². The monoisotopic (exact) mass is 271 g/mol. The summed E-state index contributed by atoms with van der Waals surface area (Å²) in [6, 6.07) is 0.773. The Kier molecular flexibility index (Phi) is 3.64. The van der Waals surface area contributed by atoms with Crippen LogP contribution in [0.15, 0.2) is 0 Å². The lowest BCUT2D eigenvalue weighted by Crippen LogP contribution is -2.46. The Morgan fingerprint density at radius 3 is 2.88 bits per heavy atom. The van der Waals surface area contributed by atoms with Crippen LogP contribution in [0.4, 0.5) is 0 Å². The number of likely N-dealkylation sites (tertiary alicyclic amines) is 1. The summed E-state index contributed by atoms with van der Waals surface area (Å²) < 4.78 is 4.69. The zero-order chi connectivity index (χ0) is 11.7. The van der Waals surface area contributed by atoms with E-state index in [-0.39, 0.29) is 0 Å². The SMILES string of the molecule is Clc1snnc1CN1CCC[C@@H]2CCCC[C@H]21. The predicted molar refractivity (Wildman–Crippen MR) is 70.3 cm³/mol. The molecular weight excluding hydrogens is 254 g/mol. The highest BCUT2D eigenvalue weighted by atomic mass is 35.5. The highest BCUT2D eigenvalue weighted by molar-refractivity contribution is 7.10. The first kappa shape index (κ1) is 11.9. The Hall–Kier alpha value is -0.190. The van der Waals surface area contributed by atoms with Gasteiger partial charge in [-0.15, -0.1) is 5.10 Å². The number of halogens is 1. The Balaban J connectivity index is 1.71. The third kappa shape index (κ3) is 2.49. The summed E-state index contributed by atoms with van der Waals surface area (Å²) in [5.74, 6) is 0.919. The van der Waals surface area contributed by atoms with Gasteiger partial charge in [-0.1, -0.05) is 28.9 Å². The van der Waals surface area contributed by atoms with E-state index in [0.717, 1.165) is 28.5 Å². The lowest BCUT2D eigenvalue weighted by molar-refractivity contribution is 0.0537. The van der Waals surface area contributed by atoms with Crippen molar-refractivity contribution < 1.29 is 0 Å². The van der Waals surface area contributed by atoms with Crippen LogP contribution in [-0.2, 0) is 6.54 Å². The van der Waals surface area contributed by atoms with Crippen molar-refractivity contribution in [1.29, 1.82) is 0 Å². The molecule has 0 radical (unpaired) electrons. The molecule has 0 aromatic carbocycles. The van der Waals surface area contributed by atoms with E-state index in [1.165, 1.54) is 56.6 Å². The summed E-state index contributed by atoms with van der Waals surface area (Å²) >= 11 is 7.40. The third-order valence-corrected chi connectivity index (χ3v) is 5.20. The van der Waals surface area contributed by atoms with Gasteiger partial charge in [0.1, 0.15) is 10.0 Å². The molecule has 2 atom stereocenters. The zero-order valence-corrected chi connectivity index (χ0v) is 11.5. The van der Waals surface area contributed by atoms with Gasteiger partial charge in [-0.2, -0.15) is 0 Å². The molecule has 3 rings (SSSR count). The van der Waals surface area contributed by atoms with Gasteiger partial charge in [0.15, 0.2) is 0 Å².